The minimum absolute atomic E-state index is 0. The Kier molecular flexibility index (Phi) is 9.45. The van der Waals surface area contributed by atoms with Gasteiger partial charge < -0.3 is 15.4 Å². The molecule has 26 heavy (non-hydrogen) atoms. The highest BCUT2D eigenvalue weighted by Crippen LogP contribution is 2.25. The fourth-order valence-corrected chi connectivity index (χ4v) is 3.81. The van der Waals surface area contributed by atoms with Gasteiger partial charge in [-0.3, -0.25) is 9.89 Å². The van der Waals surface area contributed by atoms with E-state index in [1.165, 1.54) is 31.2 Å². The van der Waals surface area contributed by atoms with Crippen molar-refractivity contribution in [3.63, 3.8) is 0 Å². The molecule has 0 radical (unpaired) electrons. The molecule has 2 heterocycles. The van der Waals surface area contributed by atoms with Crippen LogP contribution in [0.4, 0.5) is 0 Å². The number of likely N-dealkylation sites (tertiary alicyclic amines) is 1. The van der Waals surface area contributed by atoms with Gasteiger partial charge in [0.1, 0.15) is 0 Å². The van der Waals surface area contributed by atoms with E-state index in [1.54, 1.807) is 0 Å². The van der Waals surface area contributed by atoms with Crippen molar-refractivity contribution in [2.45, 2.75) is 31.7 Å². The Morgan fingerprint density at radius 2 is 1.81 bits per heavy atom. The third-order valence-electron chi connectivity index (χ3n) is 5.08. The first-order chi connectivity index (χ1) is 12.2. The second-order valence-corrected chi connectivity index (χ2v) is 7.26. The summed E-state index contributed by atoms with van der Waals surface area (Å²) in [6, 6.07) is 8.28. The molecule has 0 spiro atoms. The lowest BCUT2D eigenvalue weighted by atomic mass is 10.0. The van der Waals surface area contributed by atoms with Gasteiger partial charge in [-0.05, 0) is 30.5 Å². The van der Waals surface area contributed by atoms with Crippen molar-refractivity contribution in [3.8, 4) is 0 Å². The molecule has 0 bridgehead atoms. The second kappa shape index (κ2) is 11.3. The minimum Gasteiger partial charge on any atom is -0.379 e. The van der Waals surface area contributed by atoms with Crippen LogP contribution in [0.1, 0.15) is 37.3 Å². The molecule has 0 aliphatic carbocycles. The molecular weight excluding hydrogens is 463 g/mol. The Morgan fingerprint density at radius 3 is 2.46 bits per heavy atom. The van der Waals surface area contributed by atoms with Crippen molar-refractivity contribution >= 4 is 41.5 Å². The summed E-state index contributed by atoms with van der Waals surface area (Å²) in [4.78, 5) is 9.43. The summed E-state index contributed by atoms with van der Waals surface area (Å²) in [6.45, 7) is 6.06. The van der Waals surface area contributed by atoms with Crippen LogP contribution >= 0.6 is 35.6 Å². The van der Waals surface area contributed by atoms with Gasteiger partial charge in [0.05, 0.1) is 25.8 Å². The number of guanidine groups is 1. The Labute approximate surface area is 178 Å². The number of ether oxygens (including phenoxy) is 1. The van der Waals surface area contributed by atoms with E-state index in [4.69, 9.17) is 27.1 Å². The maximum Gasteiger partial charge on any atom is 0.191 e. The molecule has 7 heteroatoms. The first kappa shape index (κ1) is 21.7. The van der Waals surface area contributed by atoms with Crippen LogP contribution in [0.25, 0.3) is 0 Å². The molecule has 3 rings (SSSR count). The maximum absolute atomic E-state index is 6.31. The summed E-state index contributed by atoms with van der Waals surface area (Å²) >= 11 is 6.22. The minimum atomic E-state index is 0. The molecule has 0 aromatic heterocycles. The van der Waals surface area contributed by atoms with Crippen LogP contribution in [-0.4, -0.2) is 61.7 Å². The topological polar surface area (TPSA) is 54.1 Å². The van der Waals surface area contributed by atoms with Gasteiger partial charge in [0.25, 0.3) is 0 Å². The number of morpholine rings is 1. The van der Waals surface area contributed by atoms with Crippen LogP contribution in [0, 0.1) is 0 Å². The summed E-state index contributed by atoms with van der Waals surface area (Å²) in [5.74, 6) is 0.683. The van der Waals surface area contributed by atoms with E-state index in [9.17, 15) is 0 Å². The van der Waals surface area contributed by atoms with Crippen LogP contribution in [0.2, 0.25) is 5.02 Å². The molecule has 1 unspecified atom stereocenters. The molecule has 1 aromatic rings. The molecule has 2 aliphatic rings. The third kappa shape index (κ3) is 6.25. The first-order valence-electron chi connectivity index (χ1n) is 9.36. The molecule has 2 aliphatic heterocycles. The van der Waals surface area contributed by atoms with Gasteiger partial charge in [0, 0.05) is 31.2 Å². The molecule has 0 amide bonds. The number of halogens is 2. The van der Waals surface area contributed by atoms with E-state index in [1.807, 2.05) is 18.2 Å². The zero-order chi connectivity index (χ0) is 17.5. The number of nitrogens with two attached hydrogens (primary N) is 1. The highest BCUT2D eigenvalue weighted by Gasteiger charge is 2.23. The third-order valence-corrected chi connectivity index (χ3v) is 5.31. The smallest absolute Gasteiger partial charge is 0.191 e. The van der Waals surface area contributed by atoms with Crippen molar-refractivity contribution in [1.82, 2.24) is 9.80 Å². The van der Waals surface area contributed by atoms with E-state index in [0.717, 1.165) is 44.4 Å². The lowest BCUT2D eigenvalue weighted by Crippen LogP contribution is -2.42. The standard InChI is InChI=1S/C19H29ClN4O.HI/c20-17-7-5-6-16(14-17)18(23-10-12-25-13-11-23)15-22-19(21)24-8-3-1-2-4-9-24;/h5-7,14,18H,1-4,8-13,15H2,(H2,21,22);1H. The van der Waals surface area contributed by atoms with Gasteiger partial charge in [0.15, 0.2) is 5.96 Å². The molecule has 2 N–H and O–H groups in total. The SMILES string of the molecule is I.NC(=NCC(c1cccc(Cl)c1)N1CCOCC1)N1CCCCCC1. The van der Waals surface area contributed by atoms with Crippen molar-refractivity contribution in [1.29, 1.82) is 0 Å². The molecular formula is C19H30ClIN4O. The summed E-state index contributed by atoms with van der Waals surface area (Å²) in [7, 11) is 0. The van der Waals surface area contributed by atoms with Gasteiger partial charge in [-0.25, -0.2) is 0 Å². The van der Waals surface area contributed by atoms with Gasteiger partial charge in [0.2, 0.25) is 0 Å². The zero-order valence-electron chi connectivity index (χ0n) is 15.3. The lowest BCUT2D eigenvalue weighted by molar-refractivity contribution is 0.0179. The lowest BCUT2D eigenvalue weighted by Gasteiger charge is -2.34. The molecule has 2 saturated heterocycles. The Hall–Kier alpha value is -0.570. The van der Waals surface area contributed by atoms with Crippen LogP contribution in [0.15, 0.2) is 29.3 Å². The van der Waals surface area contributed by atoms with E-state index in [2.05, 4.69) is 15.9 Å². The van der Waals surface area contributed by atoms with Crippen molar-refractivity contribution in [3.05, 3.63) is 34.9 Å². The van der Waals surface area contributed by atoms with Gasteiger partial charge in [-0.15, -0.1) is 24.0 Å². The fraction of sp³-hybridized carbons (Fsp3) is 0.632. The molecule has 146 valence electrons. The monoisotopic (exact) mass is 492 g/mol. The van der Waals surface area contributed by atoms with E-state index < -0.39 is 0 Å². The predicted molar refractivity (Wildman–Crippen MR) is 119 cm³/mol. The van der Waals surface area contributed by atoms with Crippen LogP contribution in [-0.2, 0) is 4.74 Å². The number of hydrogen-bond donors (Lipinski definition) is 1. The highest BCUT2D eigenvalue weighted by molar-refractivity contribution is 14.0. The van der Waals surface area contributed by atoms with E-state index in [-0.39, 0.29) is 30.0 Å². The van der Waals surface area contributed by atoms with Crippen molar-refractivity contribution in [2.75, 3.05) is 45.9 Å². The Morgan fingerprint density at radius 1 is 1.12 bits per heavy atom. The van der Waals surface area contributed by atoms with Gasteiger partial charge in [-0.1, -0.05) is 36.6 Å². The number of benzene rings is 1. The van der Waals surface area contributed by atoms with Crippen LogP contribution in [0.5, 0.6) is 0 Å². The second-order valence-electron chi connectivity index (χ2n) is 6.82. The number of nitrogens with zero attached hydrogens (tertiary/aromatic N) is 3. The molecule has 0 saturated carbocycles. The van der Waals surface area contributed by atoms with Gasteiger partial charge in [-0.2, -0.15) is 0 Å². The molecule has 5 nitrogen and oxygen atoms in total. The van der Waals surface area contributed by atoms with E-state index in [0.29, 0.717) is 12.5 Å². The van der Waals surface area contributed by atoms with Gasteiger partial charge >= 0.3 is 0 Å². The number of hydrogen-bond acceptors (Lipinski definition) is 3. The van der Waals surface area contributed by atoms with Crippen molar-refractivity contribution < 1.29 is 4.74 Å². The summed E-state index contributed by atoms with van der Waals surface area (Å²) < 4.78 is 5.51. The van der Waals surface area contributed by atoms with Crippen LogP contribution < -0.4 is 5.73 Å². The molecule has 2 fully saturated rings. The summed E-state index contributed by atoms with van der Waals surface area (Å²) in [5, 5.41) is 0.764. The average Bonchev–Trinajstić information content (AvgIpc) is 2.92. The average molecular weight is 493 g/mol. The number of aliphatic imine (C=N–C) groups is 1. The van der Waals surface area contributed by atoms with E-state index >= 15 is 0 Å². The zero-order valence-corrected chi connectivity index (χ0v) is 18.4. The largest absolute Gasteiger partial charge is 0.379 e. The normalized spacial score (nSPS) is 21.0. The molecule has 1 aromatic carbocycles. The Balaban J connectivity index is 0.00000243. The predicted octanol–water partition coefficient (Wildman–Crippen LogP) is 3.52. The summed E-state index contributed by atoms with van der Waals surface area (Å²) in [5.41, 5.74) is 7.51. The van der Waals surface area contributed by atoms with Crippen molar-refractivity contribution in [2.24, 2.45) is 10.7 Å². The Bertz CT molecular complexity index is 572. The summed E-state index contributed by atoms with van der Waals surface area (Å²) in [6.07, 6.45) is 5.00. The fourth-order valence-electron chi connectivity index (χ4n) is 3.61. The first-order valence-corrected chi connectivity index (χ1v) is 9.74. The van der Waals surface area contributed by atoms with Crippen LogP contribution in [0.3, 0.4) is 0 Å². The number of rotatable bonds is 4. The highest BCUT2D eigenvalue weighted by atomic mass is 127. The maximum atomic E-state index is 6.31. The molecule has 1 atom stereocenters. The quantitative estimate of drug-likeness (QED) is 0.397.